The highest BCUT2D eigenvalue weighted by Crippen LogP contribution is 2.41. The lowest BCUT2D eigenvalue weighted by atomic mass is 10.0. The monoisotopic (exact) mass is 340 g/mol. The van der Waals surface area contributed by atoms with Crippen LogP contribution in [0.1, 0.15) is 29.8 Å². The highest BCUT2D eigenvalue weighted by Gasteiger charge is 2.31. The van der Waals surface area contributed by atoms with Gasteiger partial charge in [-0.25, -0.2) is 0 Å². The molecule has 0 N–H and O–H groups in total. The van der Waals surface area contributed by atoms with E-state index in [0.717, 1.165) is 0 Å². The molecule has 0 fully saturated rings. The summed E-state index contributed by atoms with van der Waals surface area (Å²) in [5, 5.41) is 0. The second-order valence-electron chi connectivity index (χ2n) is 3.70. The van der Waals surface area contributed by atoms with Crippen molar-refractivity contribution in [1.82, 2.24) is 0 Å². The molecule has 0 heterocycles. The zero-order chi connectivity index (χ0) is 13.9. The van der Waals surface area contributed by atoms with Gasteiger partial charge in [-0.2, -0.15) is 13.2 Å². The Balaban J connectivity index is 3.22. The minimum absolute atomic E-state index is 0.126. The number of ketones is 1. The lowest BCUT2D eigenvalue weighted by Crippen LogP contribution is -2.07. The first kappa shape index (κ1) is 15.6. The van der Waals surface area contributed by atoms with Crippen LogP contribution < -0.4 is 0 Å². The average molecular weight is 341 g/mol. The number of rotatable bonds is 4. The fourth-order valence-corrected chi connectivity index (χ4v) is 2.85. The molecule has 0 spiro atoms. The van der Waals surface area contributed by atoms with E-state index in [1.165, 1.54) is 13.0 Å². The van der Waals surface area contributed by atoms with Crippen molar-refractivity contribution in [2.45, 2.75) is 35.5 Å². The van der Waals surface area contributed by atoms with E-state index in [9.17, 15) is 18.0 Å². The van der Waals surface area contributed by atoms with Gasteiger partial charge in [0.05, 0.1) is 4.83 Å². The Kier molecular flexibility index (Phi) is 5.28. The molecule has 0 amide bonds. The summed E-state index contributed by atoms with van der Waals surface area (Å²) in [7, 11) is 0. The highest BCUT2D eigenvalue weighted by molar-refractivity contribution is 9.09. The maximum absolute atomic E-state index is 12.4. The van der Waals surface area contributed by atoms with Gasteiger partial charge in [0.25, 0.3) is 0 Å². The van der Waals surface area contributed by atoms with Gasteiger partial charge in [0.2, 0.25) is 0 Å². The van der Waals surface area contributed by atoms with Crippen molar-refractivity contribution < 1.29 is 18.0 Å². The number of carbonyl (C=O) groups excluding carboxylic acids is 1. The fraction of sp³-hybridized carbons (Fsp3) is 0.417. The normalized spacial score (nSPS) is 13.4. The van der Waals surface area contributed by atoms with E-state index >= 15 is 0 Å². The van der Waals surface area contributed by atoms with E-state index < -0.39 is 10.3 Å². The maximum atomic E-state index is 12.4. The van der Waals surface area contributed by atoms with Gasteiger partial charge in [0.1, 0.15) is 5.78 Å². The molecule has 0 aliphatic heterocycles. The van der Waals surface area contributed by atoms with E-state index in [-0.39, 0.29) is 22.4 Å². The Morgan fingerprint density at radius 3 is 2.50 bits per heavy atom. The molecular weight excluding hydrogens is 329 g/mol. The third kappa shape index (κ3) is 4.02. The molecule has 0 aliphatic rings. The minimum atomic E-state index is -4.32. The number of Topliss-reactive ketones (excluding diaryl/α,β-unsaturated/α-hetero) is 1. The molecular formula is C12H12BrF3OS. The summed E-state index contributed by atoms with van der Waals surface area (Å²) in [6.45, 7) is 3.18. The zero-order valence-corrected chi connectivity index (χ0v) is 12.2. The smallest absolute Gasteiger partial charge is 0.298 e. The van der Waals surface area contributed by atoms with Crippen LogP contribution in [-0.2, 0) is 11.2 Å². The summed E-state index contributed by atoms with van der Waals surface area (Å²) in [4.78, 5) is 10.9. The van der Waals surface area contributed by atoms with Crippen LogP contribution in [-0.4, -0.2) is 11.3 Å². The summed E-state index contributed by atoms with van der Waals surface area (Å²) in [6, 6.07) is 4.65. The van der Waals surface area contributed by atoms with Gasteiger partial charge in [-0.1, -0.05) is 35.0 Å². The zero-order valence-electron chi connectivity index (χ0n) is 9.84. The molecule has 0 radical (unpaired) electrons. The minimum Gasteiger partial charge on any atom is -0.298 e. The number of hydrogen-bond donors (Lipinski definition) is 0. The van der Waals surface area contributed by atoms with Crippen molar-refractivity contribution in [3.8, 4) is 0 Å². The van der Waals surface area contributed by atoms with Crippen molar-refractivity contribution in [3.05, 3.63) is 29.3 Å². The van der Waals surface area contributed by atoms with Crippen LogP contribution in [0.25, 0.3) is 0 Å². The predicted molar refractivity (Wildman–Crippen MR) is 70.1 cm³/mol. The summed E-state index contributed by atoms with van der Waals surface area (Å²) in [5.74, 6) is -0.126. The van der Waals surface area contributed by atoms with E-state index in [1.54, 1.807) is 19.1 Å². The van der Waals surface area contributed by atoms with Gasteiger partial charge >= 0.3 is 5.51 Å². The van der Waals surface area contributed by atoms with E-state index in [4.69, 9.17) is 0 Å². The fourth-order valence-electron chi connectivity index (χ4n) is 1.64. The molecule has 1 aromatic carbocycles. The first-order chi connectivity index (χ1) is 8.26. The van der Waals surface area contributed by atoms with E-state index in [0.29, 0.717) is 17.5 Å². The summed E-state index contributed by atoms with van der Waals surface area (Å²) < 4.78 is 37.3. The molecule has 1 rings (SSSR count). The molecule has 18 heavy (non-hydrogen) atoms. The third-order valence-electron chi connectivity index (χ3n) is 2.38. The molecule has 0 saturated heterocycles. The summed E-state index contributed by atoms with van der Waals surface area (Å²) in [6.07, 6.45) is 0.448. The molecule has 1 nitrogen and oxygen atoms in total. The van der Waals surface area contributed by atoms with Crippen molar-refractivity contribution in [2.75, 3.05) is 0 Å². The molecule has 0 saturated carbocycles. The first-order valence-corrected chi connectivity index (χ1v) is 7.01. The topological polar surface area (TPSA) is 17.1 Å². The average Bonchev–Trinajstić information content (AvgIpc) is 2.25. The maximum Gasteiger partial charge on any atom is 0.446 e. The lowest BCUT2D eigenvalue weighted by Gasteiger charge is -2.16. The molecule has 0 aromatic heterocycles. The Labute approximate surface area is 116 Å². The number of thioether (sulfide) groups is 1. The quantitative estimate of drug-likeness (QED) is 0.573. The van der Waals surface area contributed by atoms with Gasteiger partial charge in [-0.3, -0.25) is 4.79 Å². The van der Waals surface area contributed by atoms with Crippen molar-refractivity contribution in [3.63, 3.8) is 0 Å². The molecule has 6 heteroatoms. The summed E-state index contributed by atoms with van der Waals surface area (Å²) >= 11 is 3.08. The van der Waals surface area contributed by atoms with Crippen LogP contribution in [0, 0.1) is 0 Å². The van der Waals surface area contributed by atoms with Gasteiger partial charge in [0, 0.05) is 4.90 Å². The lowest BCUT2D eigenvalue weighted by molar-refractivity contribution is -0.116. The number of alkyl halides is 4. The molecule has 0 bridgehead atoms. The Morgan fingerprint density at radius 1 is 1.44 bits per heavy atom. The Hall–Kier alpha value is -0.490. The van der Waals surface area contributed by atoms with Gasteiger partial charge < -0.3 is 0 Å². The molecule has 100 valence electrons. The second kappa shape index (κ2) is 6.10. The van der Waals surface area contributed by atoms with E-state index in [1.807, 2.05) is 0 Å². The van der Waals surface area contributed by atoms with Gasteiger partial charge in [-0.05, 0) is 42.3 Å². The van der Waals surface area contributed by atoms with Crippen LogP contribution in [0.4, 0.5) is 13.2 Å². The molecule has 1 unspecified atom stereocenters. The van der Waals surface area contributed by atoms with Crippen LogP contribution >= 0.6 is 27.7 Å². The first-order valence-electron chi connectivity index (χ1n) is 5.28. The van der Waals surface area contributed by atoms with Crippen LogP contribution in [0.2, 0.25) is 0 Å². The number of halogens is 4. The Morgan fingerprint density at radius 2 is 2.06 bits per heavy atom. The van der Waals surface area contributed by atoms with Crippen molar-refractivity contribution in [1.29, 1.82) is 0 Å². The van der Waals surface area contributed by atoms with E-state index in [2.05, 4.69) is 15.9 Å². The third-order valence-corrected chi connectivity index (χ3v) is 4.35. The number of benzene rings is 1. The van der Waals surface area contributed by atoms with Crippen molar-refractivity contribution >= 4 is 33.5 Å². The molecule has 0 aliphatic carbocycles. The van der Waals surface area contributed by atoms with Crippen LogP contribution in [0.5, 0.6) is 0 Å². The van der Waals surface area contributed by atoms with Gasteiger partial charge in [0.15, 0.2) is 0 Å². The summed E-state index contributed by atoms with van der Waals surface area (Å²) in [5.41, 5.74) is -3.14. The van der Waals surface area contributed by atoms with Gasteiger partial charge in [-0.15, -0.1) is 0 Å². The molecule has 1 aromatic rings. The largest absolute Gasteiger partial charge is 0.446 e. The second-order valence-corrected chi connectivity index (χ2v) is 5.72. The van der Waals surface area contributed by atoms with Crippen LogP contribution in [0.15, 0.2) is 23.1 Å². The molecule has 1 atom stereocenters. The SMILES string of the molecule is CCc1c(SC(F)(F)F)cccc1C(Br)C(C)=O. The number of hydrogen-bond acceptors (Lipinski definition) is 2. The van der Waals surface area contributed by atoms with Crippen molar-refractivity contribution in [2.24, 2.45) is 0 Å². The predicted octanol–water partition coefficient (Wildman–Crippen LogP) is 4.89. The number of carbonyl (C=O) groups is 1. The Bertz CT molecular complexity index is 445. The van der Waals surface area contributed by atoms with Crippen LogP contribution in [0.3, 0.4) is 0 Å². The highest BCUT2D eigenvalue weighted by atomic mass is 79.9. The standard InChI is InChI=1S/C12H12BrF3OS/c1-3-8-9(11(13)7(2)17)5-4-6-10(8)18-12(14,15)16/h4-6,11H,3H2,1-2H3.